The van der Waals surface area contributed by atoms with Crippen molar-refractivity contribution in [2.45, 2.75) is 64.5 Å². The number of nitrogens with one attached hydrogen (secondary N) is 2. The van der Waals surface area contributed by atoms with Crippen LogP contribution in [0.3, 0.4) is 0 Å². The number of hydrogen-bond acceptors (Lipinski definition) is 7. The summed E-state index contributed by atoms with van der Waals surface area (Å²) in [7, 11) is 2.19. The molecule has 41 heavy (non-hydrogen) atoms. The number of aromatic nitrogens is 1. The summed E-state index contributed by atoms with van der Waals surface area (Å²) in [4.78, 5) is 37.7. The lowest BCUT2D eigenvalue weighted by Crippen LogP contribution is -2.59. The third kappa shape index (κ3) is 8.12. The first-order chi connectivity index (χ1) is 19.7. The van der Waals surface area contributed by atoms with Gasteiger partial charge in [-0.1, -0.05) is 23.5 Å². The summed E-state index contributed by atoms with van der Waals surface area (Å²) in [5.74, 6) is 0.705. The van der Waals surface area contributed by atoms with Crippen LogP contribution in [0, 0.1) is 24.6 Å². The summed E-state index contributed by atoms with van der Waals surface area (Å²) >= 11 is 1.24. The minimum atomic E-state index is -0.248. The molecule has 3 saturated heterocycles. The van der Waals surface area contributed by atoms with Crippen LogP contribution in [0.4, 0.5) is 14.3 Å². The van der Waals surface area contributed by atoms with E-state index in [1.165, 1.54) is 49.5 Å². The lowest BCUT2D eigenvalue weighted by molar-refractivity contribution is 0.0491. The maximum atomic E-state index is 13.4. The predicted octanol–water partition coefficient (Wildman–Crippen LogP) is 4.65. The van der Waals surface area contributed by atoms with Gasteiger partial charge in [0.1, 0.15) is 5.82 Å². The van der Waals surface area contributed by atoms with Crippen molar-refractivity contribution >= 4 is 28.3 Å². The van der Waals surface area contributed by atoms with E-state index < -0.39 is 0 Å². The number of anilines is 1. The van der Waals surface area contributed by atoms with Gasteiger partial charge in [-0.25, -0.2) is 14.2 Å². The number of aryl methyl sites for hydroxylation is 1. The number of Topliss-reactive ketones (excluding diaryl/α,β-unsaturated/α-hetero) is 1. The summed E-state index contributed by atoms with van der Waals surface area (Å²) in [5, 5.41) is 6.69. The first-order valence-electron chi connectivity index (χ1n) is 15.2. The Morgan fingerprint density at radius 2 is 1.80 bits per heavy atom. The van der Waals surface area contributed by atoms with Gasteiger partial charge < -0.3 is 15.1 Å². The second kappa shape index (κ2) is 13.7. The molecule has 0 radical (unpaired) electrons. The van der Waals surface area contributed by atoms with Gasteiger partial charge in [0.05, 0.1) is 10.6 Å². The van der Waals surface area contributed by atoms with Gasteiger partial charge in [0.15, 0.2) is 10.9 Å². The maximum Gasteiger partial charge on any atom is 0.321 e. The van der Waals surface area contributed by atoms with E-state index in [9.17, 15) is 14.0 Å². The monoisotopic (exact) mass is 584 g/mol. The molecule has 4 heterocycles. The standard InChI is InChI=1S/C31H45FN6O2S/c1-21-29(22(2)39)41-31(33-21)35-30(40)34-28-20-38(27-11-14-36(3)15-12-27)16-10-25(28)19-37-13-4-5-24(18-37)17-23-6-8-26(32)9-7-23/h6-9,24-25,27-28H,4-5,10-20H2,1-3H3,(H2,33,34,35,40)/t24-,25-,28-/m0/s1. The molecular weight excluding hydrogens is 539 g/mol. The van der Waals surface area contributed by atoms with E-state index in [-0.39, 0.29) is 23.7 Å². The van der Waals surface area contributed by atoms with Crippen molar-refractivity contribution in [2.24, 2.45) is 11.8 Å². The Kier molecular flexibility index (Phi) is 10.1. The largest absolute Gasteiger partial charge is 0.333 e. The molecule has 0 aliphatic carbocycles. The number of benzene rings is 1. The fraction of sp³-hybridized carbons (Fsp3) is 0.645. The second-order valence-electron chi connectivity index (χ2n) is 12.4. The summed E-state index contributed by atoms with van der Waals surface area (Å²) in [6.07, 6.45) is 6.74. The molecule has 10 heteroatoms. The van der Waals surface area contributed by atoms with Gasteiger partial charge in [0.25, 0.3) is 0 Å². The van der Waals surface area contributed by atoms with Crippen molar-refractivity contribution in [2.75, 3.05) is 58.2 Å². The third-order valence-electron chi connectivity index (χ3n) is 9.18. The number of ketones is 1. The van der Waals surface area contributed by atoms with Gasteiger partial charge in [-0.3, -0.25) is 15.0 Å². The molecule has 2 aromatic rings. The van der Waals surface area contributed by atoms with E-state index in [2.05, 4.69) is 37.4 Å². The predicted molar refractivity (Wildman–Crippen MR) is 162 cm³/mol. The average molecular weight is 585 g/mol. The lowest BCUT2D eigenvalue weighted by Gasteiger charge is -2.46. The van der Waals surface area contributed by atoms with Gasteiger partial charge in [-0.2, -0.15) is 0 Å². The number of likely N-dealkylation sites (tertiary alicyclic amines) is 3. The molecule has 3 fully saturated rings. The minimum absolute atomic E-state index is 0.0335. The van der Waals surface area contributed by atoms with Crippen molar-refractivity contribution in [3.8, 4) is 0 Å². The third-order valence-corrected chi connectivity index (χ3v) is 10.4. The molecule has 0 unspecified atom stereocenters. The highest BCUT2D eigenvalue weighted by molar-refractivity contribution is 7.17. The van der Waals surface area contributed by atoms with Crippen LogP contribution in [0.15, 0.2) is 24.3 Å². The number of piperidine rings is 3. The Morgan fingerprint density at radius 1 is 1.05 bits per heavy atom. The first-order valence-corrected chi connectivity index (χ1v) is 16.0. The number of halogens is 1. The van der Waals surface area contributed by atoms with E-state index in [1.54, 1.807) is 19.1 Å². The topological polar surface area (TPSA) is 80.8 Å². The molecule has 1 aromatic carbocycles. The number of carbonyl (C=O) groups excluding carboxylic acids is 2. The van der Waals surface area contributed by atoms with Crippen molar-refractivity contribution in [3.63, 3.8) is 0 Å². The lowest BCUT2D eigenvalue weighted by atomic mass is 9.86. The molecule has 5 rings (SSSR count). The van der Waals surface area contributed by atoms with Crippen LogP contribution in [0.1, 0.15) is 60.0 Å². The second-order valence-corrected chi connectivity index (χ2v) is 13.4. The van der Waals surface area contributed by atoms with Gasteiger partial charge in [0, 0.05) is 38.6 Å². The molecule has 1 aromatic heterocycles. The van der Waals surface area contributed by atoms with E-state index in [0.29, 0.717) is 33.6 Å². The zero-order valence-electron chi connectivity index (χ0n) is 24.7. The summed E-state index contributed by atoms with van der Waals surface area (Å²) < 4.78 is 13.4. The van der Waals surface area contributed by atoms with Gasteiger partial charge in [-0.05, 0) is 108 Å². The molecule has 0 bridgehead atoms. The summed E-state index contributed by atoms with van der Waals surface area (Å²) in [5.41, 5.74) is 1.85. The molecule has 3 atom stereocenters. The maximum absolute atomic E-state index is 13.4. The highest BCUT2D eigenvalue weighted by Gasteiger charge is 2.36. The summed E-state index contributed by atoms with van der Waals surface area (Å²) in [6.45, 7) is 10.6. The molecule has 2 N–H and O–H groups in total. The number of rotatable bonds is 8. The number of thiazole rings is 1. The Balaban J connectivity index is 1.23. The Morgan fingerprint density at radius 3 is 2.51 bits per heavy atom. The van der Waals surface area contributed by atoms with Gasteiger partial charge >= 0.3 is 6.03 Å². The SMILES string of the molecule is CC(=O)c1sc(NC(=O)N[C@H]2CN(C3CCN(C)CC3)CC[C@H]2CN2CCC[C@@H](Cc3ccc(F)cc3)C2)nc1C. The normalized spacial score (nSPS) is 25.2. The minimum Gasteiger partial charge on any atom is -0.333 e. The van der Waals surface area contributed by atoms with E-state index in [1.807, 2.05) is 12.1 Å². The van der Waals surface area contributed by atoms with Gasteiger partial charge in [-0.15, -0.1) is 0 Å². The number of carbonyl (C=O) groups is 2. The Bertz CT molecular complexity index is 1180. The van der Waals surface area contributed by atoms with Crippen LogP contribution < -0.4 is 10.6 Å². The average Bonchev–Trinajstić information content (AvgIpc) is 3.31. The molecule has 2 amide bonds. The zero-order chi connectivity index (χ0) is 28.9. The Hall–Kier alpha value is -2.40. The molecule has 3 aliphatic rings. The van der Waals surface area contributed by atoms with E-state index >= 15 is 0 Å². The zero-order valence-corrected chi connectivity index (χ0v) is 25.5. The molecule has 8 nitrogen and oxygen atoms in total. The smallest absolute Gasteiger partial charge is 0.321 e. The van der Waals surface area contributed by atoms with E-state index in [4.69, 9.17) is 0 Å². The fourth-order valence-electron chi connectivity index (χ4n) is 6.95. The first kappa shape index (κ1) is 30.1. The van der Waals surface area contributed by atoms with Crippen LogP contribution in [0.25, 0.3) is 0 Å². The molecular formula is C31H45FN6O2S. The fourth-order valence-corrected chi connectivity index (χ4v) is 7.80. The van der Waals surface area contributed by atoms with Crippen LogP contribution in [0.2, 0.25) is 0 Å². The Labute approximate surface area is 247 Å². The number of hydrogen-bond donors (Lipinski definition) is 2. The van der Waals surface area contributed by atoms with Crippen molar-refractivity contribution < 1.29 is 14.0 Å². The molecule has 0 saturated carbocycles. The van der Waals surface area contributed by atoms with Crippen LogP contribution in [0.5, 0.6) is 0 Å². The van der Waals surface area contributed by atoms with Crippen LogP contribution >= 0.6 is 11.3 Å². The quantitative estimate of drug-likeness (QED) is 0.440. The van der Waals surface area contributed by atoms with Crippen molar-refractivity contribution in [1.29, 1.82) is 0 Å². The van der Waals surface area contributed by atoms with Crippen LogP contribution in [-0.2, 0) is 6.42 Å². The van der Waals surface area contributed by atoms with Crippen molar-refractivity contribution in [3.05, 3.63) is 46.2 Å². The molecule has 224 valence electrons. The van der Waals surface area contributed by atoms with Crippen LogP contribution in [-0.4, -0.2) is 96.4 Å². The molecule has 3 aliphatic heterocycles. The highest BCUT2D eigenvalue weighted by Crippen LogP contribution is 2.28. The van der Waals surface area contributed by atoms with Gasteiger partial charge in [0.2, 0.25) is 0 Å². The summed E-state index contributed by atoms with van der Waals surface area (Å²) in [6, 6.07) is 7.29. The number of amides is 2. The number of nitrogens with zero attached hydrogens (tertiary/aromatic N) is 4. The van der Waals surface area contributed by atoms with Crippen molar-refractivity contribution in [1.82, 2.24) is 25.0 Å². The van der Waals surface area contributed by atoms with E-state index in [0.717, 1.165) is 58.7 Å². The number of urea groups is 1. The highest BCUT2D eigenvalue weighted by atomic mass is 32.1. The molecule has 0 spiro atoms.